The molecule has 0 heterocycles. The van der Waals surface area contributed by atoms with Gasteiger partial charge in [-0.15, -0.1) is 11.6 Å². The van der Waals surface area contributed by atoms with Crippen molar-refractivity contribution in [2.45, 2.75) is 12.5 Å². The number of hydrogen-bond donors (Lipinski definition) is 0. The van der Waals surface area contributed by atoms with Gasteiger partial charge in [-0.2, -0.15) is 0 Å². The van der Waals surface area contributed by atoms with Crippen LogP contribution >= 0.6 is 27.5 Å². The molecule has 18 heavy (non-hydrogen) atoms. The first-order valence-electron chi connectivity index (χ1n) is 5.83. The third kappa shape index (κ3) is 3.50. The zero-order valence-electron chi connectivity index (χ0n) is 9.85. The van der Waals surface area contributed by atoms with Crippen molar-refractivity contribution in [1.82, 2.24) is 0 Å². The lowest BCUT2D eigenvalue weighted by Crippen LogP contribution is -2.08. The monoisotopic (exact) mass is 324 g/mol. The third-order valence-corrected chi connectivity index (χ3v) is 3.52. The van der Waals surface area contributed by atoms with Crippen molar-refractivity contribution < 1.29 is 4.74 Å². The Balaban J connectivity index is 2.19. The largest absolute Gasteiger partial charge is 0.485 e. The van der Waals surface area contributed by atoms with E-state index in [9.17, 15) is 0 Å². The fourth-order valence-corrected chi connectivity index (χ4v) is 2.33. The van der Waals surface area contributed by atoms with Crippen LogP contribution in [0.15, 0.2) is 59.1 Å². The molecular weight excluding hydrogens is 312 g/mol. The lowest BCUT2D eigenvalue weighted by molar-refractivity contribution is 0.201. The lowest BCUT2D eigenvalue weighted by Gasteiger charge is -2.19. The SMILES string of the molecule is ClCC[C@@H](Oc1ccccc1Br)c1ccccc1. The van der Waals surface area contributed by atoms with Gasteiger partial charge in [0.05, 0.1) is 4.47 Å². The topological polar surface area (TPSA) is 9.23 Å². The van der Waals surface area contributed by atoms with Crippen LogP contribution in [0.1, 0.15) is 18.1 Å². The molecule has 0 N–H and O–H groups in total. The van der Waals surface area contributed by atoms with Crippen LogP contribution in [0.25, 0.3) is 0 Å². The van der Waals surface area contributed by atoms with E-state index in [1.807, 2.05) is 42.5 Å². The molecule has 0 aliphatic rings. The molecule has 1 atom stereocenters. The van der Waals surface area contributed by atoms with Gasteiger partial charge in [0.25, 0.3) is 0 Å². The van der Waals surface area contributed by atoms with E-state index in [1.54, 1.807) is 0 Å². The predicted octanol–water partition coefficient (Wildman–Crippen LogP) is 5.20. The number of halogens is 2. The normalized spacial score (nSPS) is 12.1. The van der Waals surface area contributed by atoms with Gasteiger partial charge in [0.15, 0.2) is 0 Å². The minimum atomic E-state index is -0.0117. The van der Waals surface area contributed by atoms with Gasteiger partial charge in [-0.25, -0.2) is 0 Å². The Morgan fingerprint density at radius 1 is 1.00 bits per heavy atom. The lowest BCUT2D eigenvalue weighted by atomic mass is 10.1. The zero-order chi connectivity index (χ0) is 12.8. The summed E-state index contributed by atoms with van der Waals surface area (Å²) in [5.41, 5.74) is 1.15. The third-order valence-electron chi connectivity index (χ3n) is 2.65. The summed E-state index contributed by atoms with van der Waals surface area (Å²) in [5.74, 6) is 1.42. The first-order chi connectivity index (χ1) is 8.81. The molecule has 0 unspecified atom stereocenters. The van der Waals surface area contributed by atoms with E-state index in [4.69, 9.17) is 16.3 Å². The van der Waals surface area contributed by atoms with Crippen LogP contribution in [0.3, 0.4) is 0 Å². The molecule has 0 aliphatic carbocycles. The van der Waals surface area contributed by atoms with Crippen LogP contribution in [-0.2, 0) is 0 Å². The minimum Gasteiger partial charge on any atom is -0.485 e. The van der Waals surface area contributed by atoms with Crippen molar-refractivity contribution in [3.8, 4) is 5.75 Å². The van der Waals surface area contributed by atoms with Gasteiger partial charge in [0, 0.05) is 12.3 Å². The number of ether oxygens (including phenoxy) is 1. The Morgan fingerprint density at radius 2 is 1.67 bits per heavy atom. The van der Waals surface area contributed by atoms with Crippen molar-refractivity contribution in [2.24, 2.45) is 0 Å². The van der Waals surface area contributed by atoms with Crippen LogP contribution in [-0.4, -0.2) is 5.88 Å². The second kappa shape index (κ2) is 6.81. The molecule has 3 heteroatoms. The van der Waals surface area contributed by atoms with E-state index >= 15 is 0 Å². The molecule has 0 amide bonds. The van der Waals surface area contributed by atoms with Gasteiger partial charge in [-0.3, -0.25) is 0 Å². The molecule has 94 valence electrons. The predicted molar refractivity (Wildman–Crippen MR) is 79.3 cm³/mol. The van der Waals surface area contributed by atoms with Crippen LogP contribution < -0.4 is 4.74 Å². The first kappa shape index (κ1) is 13.4. The molecule has 0 aromatic heterocycles. The van der Waals surface area contributed by atoms with Crippen molar-refractivity contribution in [1.29, 1.82) is 0 Å². The summed E-state index contributed by atoms with van der Waals surface area (Å²) in [6, 6.07) is 18.0. The number of rotatable bonds is 5. The van der Waals surface area contributed by atoms with Gasteiger partial charge in [-0.05, 0) is 33.6 Å². The molecular formula is C15H14BrClO. The van der Waals surface area contributed by atoms with Gasteiger partial charge >= 0.3 is 0 Å². The maximum Gasteiger partial charge on any atom is 0.134 e. The Hall–Kier alpha value is -0.990. The van der Waals surface area contributed by atoms with E-state index < -0.39 is 0 Å². The summed E-state index contributed by atoms with van der Waals surface area (Å²) in [4.78, 5) is 0. The Kier molecular flexibility index (Phi) is 5.09. The molecule has 0 spiro atoms. The smallest absolute Gasteiger partial charge is 0.134 e. The highest BCUT2D eigenvalue weighted by atomic mass is 79.9. The van der Waals surface area contributed by atoms with Crippen molar-refractivity contribution in [3.63, 3.8) is 0 Å². The van der Waals surface area contributed by atoms with Crippen LogP contribution in [0, 0.1) is 0 Å². The fraction of sp³-hybridized carbons (Fsp3) is 0.200. The van der Waals surface area contributed by atoms with E-state index in [2.05, 4.69) is 28.1 Å². The van der Waals surface area contributed by atoms with Crippen molar-refractivity contribution in [2.75, 3.05) is 5.88 Å². The molecule has 2 aromatic rings. The number of alkyl halides is 1. The Labute approximate surface area is 121 Å². The van der Waals surface area contributed by atoms with Gasteiger partial charge in [-0.1, -0.05) is 42.5 Å². The van der Waals surface area contributed by atoms with E-state index in [0.29, 0.717) is 5.88 Å². The average Bonchev–Trinajstić information content (AvgIpc) is 2.42. The summed E-state index contributed by atoms with van der Waals surface area (Å²) >= 11 is 9.35. The van der Waals surface area contributed by atoms with E-state index in [1.165, 1.54) is 0 Å². The van der Waals surface area contributed by atoms with Crippen molar-refractivity contribution >= 4 is 27.5 Å². The summed E-state index contributed by atoms with van der Waals surface area (Å²) in [7, 11) is 0. The van der Waals surface area contributed by atoms with Crippen LogP contribution in [0.4, 0.5) is 0 Å². The highest BCUT2D eigenvalue weighted by Crippen LogP contribution is 2.30. The van der Waals surface area contributed by atoms with Crippen molar-refractivity contribution in [3.05, 3.63) is 64.6 Å². The number of para-hydroxylation sites is 1. The molecule has 0 aliphatic heterocycles. The second-order valence-electron chi connectivity index (χ2n) is 3.93. The zero-order valence-corrected chi connectivity index (χ0v) is 12.2. The first-order valence-corrected chi connectivity index (χ1v) is 7.16. The van der Waals surface area contributed by atoms with Crippen LogP contribution in [0.2, 0.25) is 0 Å². The Bertz CT molecular complexity index is 487. The van der Waals surface area contributed by atoms with Gasteiger partial charge in [0.1, 0.15) is 11.9 Å². The summed E-state index contributed by atoms with van der Waals surface area (Å²) in [5, 5.41) is 0. The van der Waals surface area contributed by atoms with Gasteiger partial charge in [0.2, 0.25) is 0 Å². The van der Waals surface area contributed by atoms with Gasteiger partial charge < -0.3 is 4.74 Å². The van der Waals surface area contributed by atoms with E-state index in [0.717, 1.165) is 22.2 Å². The Morgan fingerprint density at radius 3 is 2.33 bits per heavy atom. The molecule has 2 aromatic carbocycles. The molecule has 0 saturated heterocycles. The highest BCUT2D eigenvalue weighted by Gasteiger charge is 2.13. The quantitative estimate of drug-likeness (QED) is 0.687. The molecule has 0 saturated carbocycles. The standard InChI is InChI=1S/C15H14BrClO/c16-13-8-4-5-9-15(13)18-14(10-11-17)12-6-2-1-3-7-12/h1-9,14H,10-11H2/t14-/m1/s1. The molecule has 2 rings (SSSR count). The van der Waals surface area contributed by atoms with E-state index in [-0.39, 0.29) is 6.10 Å². The highest BCUT2D eigenvalue weighted by molar-refractivity contribution is 9.10. The average molecular weight is 326 g/mol. The maximum absolute atomic E-state index is 6.04. The molecule has 1 nitrogen and oxygen atoms in total. The second-order valence-corrected chi connectivity index (χ2v) is 5.16. The maximum atomic E-state index is 6.04. The number of hydrogen-bond acceptors (Lipinski definition) is 1. The fourth-order valence-electron chi connectivity index (χ4n) is 1.75. The number of benzene rings is 2. The summed E-state index contributed by atoms with van der Waals surface area (Å²) < 4.78 is 7.00. The van der Waals surface area contributed by atoms with Crippen LogP contribution in [0.5, 0.6) is 5.75 Å². The minimum absolute atomic E-state index is 0.0117. The molecule has 0 fully saturated rings. The summed E-state index contributed by atoms with van der Waals surface area (Å²) in [6.45, 7) is 0. The molecule has 0 radical (unpaired) electrons. The molecule has 0 bridgehead atoms. The summed E-state index contributed by atoms with van der Waals surface area (Å²) in [6.07, 6.45) is 0.773.